The van der Waals surface area contributed by atoms with Crippen molar-refractivity contribution in [2.24, 2.45) is 0 Å². The van der Waals surface area contributed by atoms with E-state index in [2.05, 4.69) is 22.1 Å². The fourth-order valence-electron chi connectivity index (χ4n) is 3.74. The van der Waals surface area contributed by atoms with Crippen molar-refractivity contribution in [3.05, 3.63) is 29.8 Å². The third-order valence-electron chi connectivity index (χ3n) is 4.83. The molecule has 0 amide bonds. The molecule has 2 saturated heterocycles. The fraction of sp³-hybridized carbons (Fsp3) is 0.688. The second-order valence-corrected chi connectivity index (χ2v) is 6.08. The molecule has 3 unspecified atom stereocenters. The first-order chi connectivity index (χ1) is 9.75. The summed E-state index contributed by atoms with van der Waals surface area (Å²) in [7, 11) is 0. The van der Waals surface area contributed by atoms with Crippen LogP contribution in [0.2, 0.25) is 0 Å². The molecule has 0 saturated carbocycles. The van der Waals surface area contributed by atoms with Crippen LogP contribution in [0.25, 0.3) is 0 Å². The van der Waals surface area contributed by atoms with Gasteiger partial charge in [-0.2, -0.15) is 0 Å². The van der Waals surface area contributed by atoms with Gasteiger partial charge in [0, 0.05) is 18.1 Å². The highest BCUT2D eigenvalue weighted by Crippen LogP contribution is 2.31. The number of hydrogen-bond acceptors (Lipinski definition) is 3. The van der Waals surface area contributed by atoms with Crippen LogP contribution >= 0.6 is 0 Å². The van der Waals surface area contributed by atoms with Crippen LogP contribution in [0.4, 0.5) is 4.39 Å². The molecular formula is C16H24FN3. The molecule has 3 heterocycles. The highest BCUT2D eigenvalue weighted by atomic mass is 19.1. The first kappa shape index (κ1) is 14.0. The number of piperidine rings is 1. The van der Waals surface area contributed by atoms with Crippen molar-refractivity contribution in [3.8, 4) is 0 Å². The molecule has 1 aromatic rings. The molecule has 0 bridgehead atoms. The number of pyridine rings is 1. The summed E-state index contributed by atoms with van der Waals surface area (Å²) in [5.74, 6) is -0.256. The lowest BCUT2D eigenvalue weighted by Gasteiger charge is -2.42. The van der Waals surface area contributed by atoms with Crippen molar-refractivity contribution in [2.75, 3.05) is 13.1 Å². The molecule has 3 rings (SSSR count). The van der Waals surface area contributed by atoms with Crippen LogP contribution in [0, 0.1) is 5.82 Å². The maximum atomic E-state index is 13.0. The van der Waals surface area contributed by atoms with Gasteiger partial charge in [0.05, 0.1) is 11.9 Å². The molecule has 3 nitrogen and oxygen atoms in total. The van der Waals surface area contributed by atoms with Crippen molar-refractivity contribution in [2.45, 2.75) is 57.2 Å². The van der Waals surface area contributed by atoms with Crippen molar-refractivity contribution < 1.29 is 4.39 Å². The highest BCUT2D eigenvalue weighted by Gasteiger charge is 2.34. The van der Waals surface area contributed by atoms with Gasteiger partial charge in [-0.05, 0) is 57.8 Å². The minimum atomic E-state index is -0.256. The van der Waals surface area contributed by atoms with E-state index in [1.807, 2.05) is 6.07 Å². The molecule has 1 aromatic heterocycles. The lowest BCUT2D eigenvalue weighted by molar-refractivity contribution is 0.0784. The fourth-order valence-corrected chi connectivity index (χ4v) is 3.74. The van der Waals surface area contributed by atoms with Gasteiger partial charge in [-0.15, -0.1) is 0 Å². The topological polar surface area (TPSA) is 28.2 Å². The molecule has 0 aromatic carbocycles. The maximum absolute atomic E-state index is 13.0. The van der Waals surface area contributed by atoms with Crippen molar-refractivity contribution in [3.63, 3.8) is 0 Å². The Morgan fingerprint density at radius 2 is 2.20 bits per heavy atom. The van der Waals surface area contributed by atoms with E-state index in [4.69, 9.17) is 0 Å². The van der Waals surface area contributed by atoms with E-state index in [0.29, 0.717) is 12.1 Å². The van der Waals surface area contributed by atoms with E-state index < -0.39 is 0 Å². The number of rotatable bonds is 3. The van der Waals surface area contributed by atoms with Gasteiger partial charge in [-0.3, -0.25) is 9.88 Å². The third-order valence-corrected chi connectivity index (χ3v) is 4.83. The molecule has 110 valence electrons. The lowest BCUT2D eigenvalue weighted by atomic mass is 9.92. The molecular weight excluding hydrogens is 253 g/mol. The van der Waals surface area contributed by atoms with Gasteiger partial charge in [-0.25, -0.2) is 4.39 Å². The van der Waals surface area contributed by atoms with Crippen molar-refractivity contribution in [1.29, 1.82) is 0 Å². The Labute approximate surface area is 120 Å². The quantitative estimate of drug-likeness (QED) is 0.921. The van der Waals surface area contributed by atoms with Crippen molar-refractivity contribution >= 4 is 0 Å². The Hall–Kier alpha value is -1.00. The van der Waals surface area contributed by atoms with E-state index in [1.165, 1.54) is 44.4 Å². The number of aromatic nitrogens is 1. The summed E-state index contributed by atoms with van der Waals surface area (Å²) < 4.78 is 13.0. The second kappa shape index (κ2) is 6.19. The number of nitrogens with zero attached hydrogens (tertiary/aromatic N) is 2. The molecule has 4 heteroatoms. The summed E-state index contributed by atoms with van der Waals surface area (Å²) >= 11 is 0. The van der Waals surface area contributed by atoms with Crippen molar-refractivity contribution in [1.82, 2.24) is 15.2 Å². The van der Waals surface area contributed by atoms with Crippen LogP contribution in [0.1, 0.15) is 50.8 Å². The van der Waals surface area contributed by atoms with Gasteiger partial charge in [0.2, 0.25) is 0 Å². The molecule has 0 radical (unpaired) electrons. The Morgan fingerprint density at radius 3 is 2.90 bits per heavy atom. The zero-order valence-corrected chi connectivity index (χ0v) is 12.2. The first-order valence-corrected chi connectivity index (χ1v) is 7.86. The molecule has 3 atom stereocenters. The molecule has 2 aliphatic rings. The monoisotopic (exact) mass is 277 g/mol. The summed E-state index contributed by atoms with van der Waals surface area (Å²) in [5, 5.41) is 3.65. The van der Waals surface area contributed by atoms with Crippen LogP contribution in [0.15, 0.2) is 18.3 Å². The molecule has 0 spiro atoms. The number of hydrogen-bond donors (Lipinski definition) is 1. The Bertz CT molecular complexity index is 428. The minimum absolute atomic E-state index is 0.256. The number of nitrogens with one attached hydrogen (secondary N) is 1. The van der Waals surface area contributed by atoms with Gasteiger partial charge in [0.1, 0.15) is 5.82 Å². The molecule has 2 aliphatic heterocycles. The largest absolute Gasteiger partial charge is 0.312 e. The first-order valence-electron chi connectivity index (χ1n) is 7.86. The Balaban J connectivity index is 1.76. The van der Waals surface area contributed by atoms with E-state index in [1.54, 1.807) is 0 Å². The van der Waals surface area contributed by atoms with Crippen LogP contribution in [-0.2, 0) is 0 Å². The number of halogens is 1. The smallest absolute Gasteiger partial charge is 0.141 e. The summed E-state index contributed by atoms with van der Waals surface area (Å²) in [4.78, 5) is 6.85. The SMILES string of the molecule is CC(c1ccc(F)cn1)N1CCCCC1C1CCCN1. The standard InChI is InChI=1S/C16H24FN3/c1-12(14-8-7-13(17)11-19-14)20-10-3-2-6-16(20)15-5-4-9-18-15/h7-8,11-12,15-16,18H,2-6,9-10H2,1H3. The van der Waals surface area contributed by atoms with Gasteiger partial charge < -0.3 is 5.32 Å². The number of likely N-dealkylation sites (tertiary alicyclic amines) is 1. The average molecular weight is 277 g/mol. The van der Waals surface area contributed by atoms with E-state index in [-0.39, 0.29) is 11.9 Å². The normalized spacial score (nSPS) is 29.5. The summed E-state index contributed by atoms with van der Waals surface area (Å²) in [6, 6.07) is 4.84. The van der Waals surface area contributed by atoms with E-state index >= 15 is 0 Å². The third kappa shape index (κ3) is 2.86. The van der Waals surface area contributed by atoms with Crippen LogP contribution in [-0.4, -0.2) is 35.1 Å². The Morgan fingerprint density at radius 1 is 1.30 bits per heavy atom. The van der Waals surface area contributed by atoms with Gasteiger partial charge >= 0.3 is 0 Å². The average Bonchev–Trinajstić information content (AvgIpc) is 3.01. The second-order valence-electron chi connectivity index (χ2n) is 6.08. The van der Waals surface area contributed by atoms with Gasteiger partial charge in [0.25, 0.3) is 0 Å². The van der Waals surface area contributed by atoms with Gasteiger partial charge in [-0.1, -0.05) is 6.42 Å². The maximum Gasteiger partial charge on any atom is 0.141 e. The molecule has 1 N–H and O–H groups in total. The summed E-state index contributed by atoms with van der Waals surface area (Å²) in [6.45, 7) is 4.48. The van der Waals surface area contributed by atoms with Crippen LogP contribution < -0.4 is 5.32 Å². The van der Waals surface area contributed by atoms with Crippen LogP contribution in [0.5, 0.6) is 0 Å². The zero-order chi connectivity index (χ0) is 13.9. The minimum Gasteiger partial charge on any atom is -0.312 e. The lowest BCUT2D eigenvalue weighted by Crippen LogP contribution is -2.51. The van der Waals surface area contributed by atoms with Gasteiger partial charge in [0.15, 0.2) is 0 Å². The van der Waals surface area contributed by atoms with Crippen LogP contribution in [0.3, 0.4) is 0 Å². The molecule has 20 heavy (non-hydrogen) atoms. The summed E-state index contributed by atoms with van der Waals surface area (Å²) in [5.41, 5.74) is 0.983. The summed E-state index contributed by atoms with van der Waals surface area (Å²) in [6.07, 6.45) is 7.75. The predicted molar refractivity (Wildman–Crippen MR) is 78.0 cm³/mol. The molecule has 2 fully saturated rings. The predicted octanol–water partition coefficient (Wildman–Crippen LogP) is 2.89. The zero-order valence-electron chi connectivity index (χ0n) is 12.2. The Kier molecular flexibility index (Phi) is 4.32. The van der Waals surface area contributed by atoms with E-state index in [0.717, 1.165) is 18.8 Å². The van der Waals surface area contributed by atoms with E-state index in [9.17, 15) is 4.39 Å². The molecule has 0 aliphatic carbocycles. The highest BCUT2D eigenvalue weighted by molar-refractivity contribution is 5.10.